The number of carbonyl (C=O) groups excluding carboxylic acids is 2. The van der Waals surface area contributed by atoms with Gasteiger partial charge >= 0.3 is 0 Å². The highest BCUT2D eigenvalue weighted by Gasteiger charge is 2.46. The van der Waals surface area contributed by atoms with E-state index in [-0.39, 0.29) is 23.4 Å². The zero-order valence-corrected chi connectivity index (χ0v) is 18.1. The number of amides is 1. The normalized spacial score (nSPS) is 17.5. The molecule has 1 aromatic heterocycles. The monoisotopic (exact) mass is 449 g/mol. The number of aliphatic hydroxyl groups is 1. The number of aliphatic hydroxyl groups excluding tert-OH is 1. The Kier molecular flexibility index (Phi) is 6.53. The lowest BCUT2D eigenvalue weighted by molar-refractivity contribution is -0.140. The highest BCUT2D eigenvalue weighted by molar-refractivity contribution is 6.46. The average molecular weight is 449 g/mol. The molecule has 1 N–H and O–H groups in total. The van der Waals surface area contributed by atoms with E-state index in [4.69, 9.17) is 4.74 Å². The highest BCUT2D eigenvalue weighted by Crippen LogP contribution is 2.40. The number of rotatable bonds is 8. The van der Waals surface area contributed by atoms with E-state index in [1.54, 1.807) is 49.1 Å². The molecule has 3 aromatic rings. The van der Waals surface area contributed by atoms with Crippen LogP contribution in [0.2, 0.25) is 0 Å². The number of halogens is 1. The van der Waals surface area contributed by atoms with Gasteiger partial charge < -0.3 is 19.3 Å². The molecule has 8 heteroatoms. The Morgan fingerprint density at radius 2 is 1.97 bits per heavy atom. The van der Waals surface area contributed by atoms with Gasteiger partial charge in [-0.1, -0.05) is 30.3 Å². The van der Waals surface area contributed by atoms with Crippen molar-refractivity contribution in [1.29, 1.82) is 0 Å². The van der Waals surface area contributed by atoms with E-state index < -0.39 is 23.5 Å². The Bertz CT molecular complexity index is 1190. The lowest BCUT2D eigenvalue weighted by atomic mass is 9.95. The number of likely N-dealkylation sites (tertiary alicyclic amines) is 1. The second-order valence-electron chi connectivity index (χ2n) is 7.63. The van der Waals surface area contributed by atoms with Gasteiger partial charge in [0.1, 0.15) is 17.3 Å². The van der Waals surface area contributed by atoms with Crippen molar-refractivity contribution in [2.24, 2.45) is 0 Å². The second-order valence-corrected chi connectivity index (χ2v) is 7.63. The maximum Gasteiger partial charge on any atom is 0.295 e. The molecule has 0 saturated carbocycles. The summed E-state index contributed by atoms with van der Waals surface area (Å²) in [6, 6.07) is 11.5. The standard InChI is InChI=1S/C25H24FN3O4/c1-2-33-18-8-5-7-17(15-18)23(30)21-22(19-9-3-4-10-20(19)26)29(25(32)24(21)31)13-6-12-28-14-11-27-16-28/h3-5,7-11,14-16,22,30H,2,6,12-13H2,1H3. The van der Waals surface area contributed by atoms with Gasteiger partial charge in [0.15, 0.2) is 0 Å². The molecule has 4 rings (SSSR count). The first-order valence-corrected chi connectivity index (χ1v) is 10.7. The lowest BCUT2D eigenvalue weighted by Crippen LogP contribution is -2.31. The number of aromatic nitrogens is 2. The molecule has 1 saturated heterocycles. The molecule has 33 heavy (non-hydrogen) atoms. The molecule has 7 nitrogen and oxygen atoms in total. The maximum atomic E-state index is 14.8. The first-order chi connectivity index (χ1) is 16.0. The third-order valence-electron chi connectivity index (χ3n) is 5.53. The molecule has 0 spiro atoms. The summed E-state index contributed by atoms with van der Waals surface area (Å²) in [7, 11) is 0. The number of ether oxygens (including phenoxy) is 1. The SMILES string of the molecule is CCOc1cccc(C(O)=C2C(=O)C(=O)N(CCCn3ccnc3)C2c2ccccc2F)c1. The molecule has 1 unspecified atom stereocenters. The molecule has 1 amide bonds. The maximum absolute atomic E-state index is 14.8. The number of ketones is 1. The summed E-state index contributed by atoms with van der Waals surface area (Å²) in [6.07, 6.45) is 5.64. The van der Waals surface area contributed by atoms with E-state index in [0.717, 1.165) is 0 Å². The minimum Gasteiger partial charge on any atom is -0.507 e. The van der Waals surface area contributed by atoms with E-state index >= 15 is 0 Å². The number of aryl methyl sites for hydroxylation is 1. The van der Waals surface area contributed by atoms with Crippen molar-refractivity contribution in [1.82, 2.24) is 14.5 Å². The van der Waals surface area contributed by atoms with Crippen LogP contribution in [-0.2, 0) is 16.1 Å². The fourth-order valence-electron chi connectivity index (χ4n) is 4.03. The summed E-state index contributed by atoms with van der Waals surface area (Å²) in [5.74, 6) is -2.02. The Morgan fingerprint density at radius 3 is 2.70 bits per heavy atom. The van der Waals surface area contributed by atoms with Crippen LogP contribution >= 0.6 is 0 Å². The minimum atomic E-state index is -1.04. The molecular weight excluding hydrogens is 425 g/mol. The van der Waals surface area contributed by atoms with Crippen LogP contribution in [0.4, 0.5) is 4.39 Å². The molecule has 1 fully saturated rings. The molecular formula is C25H24FN3O4. The molecule has 1 aliphatic rings. The van der Waals surface area contributed by atoms with E-state index in [1.165, 1.54) is 23.1 Å². The number of imidazole rings is 1. The van der Waals surface area contributed by atoms with Crippen LogP contribution in [0.15, 0.2) is 72.8 Å². The molecule has 1 aliphatic heterocycles. The molecule has 2 heterocycles. The van der Waals surface area contributed by atoms with E-state index in [0.29, 0.717) is 30.9 Å². The van der Waals surface area contributed by atoms with Crippen molar-refractivity contribution < 1.29 is 23.8 Å². The predicted molar refractivity (Wildman–Crippen MR) is 120 cm³/mol. The number of hydrogen-bond donors (Lipinski definition) is 1. The summed E-state index contributed by atoms with van der Waals surface area (Å²) in [5.41, 5.74) is 0.335. The number of carbonyl (C=O) groups is 2. The molecule has 0 bridgehead atoms. The van der Waals surface area contributed by atoms with Crippen molar-refractivity contribution in [3.8, 4) is 5.75 Å². The van der Waals surface area contributed by atoms with Crippen molar-refractivity contribution in [2.45, 2.75) is 25.9 Å². The van der Waals surface area contributed by atoms with Gasteiger partial charge in [0.05, 0.1) is 24.5 Å². The third kappa shape index (κ3) is 4.50. The van der Waals surface area contributed by atoms with Gasteiger partial charge in [-0.05, 0) is 31.5 Å². The summed E-state index contributed by atoms with van der Waals surface area (Å²) >= 11 is 0. The van der Waals surface area contributed by atoms with Crippen molar-refractivity contribution >= 4 is 17.4 Å². The van der Waals surface area contributed by atoms with Gasteiger partial charge in [-0.25, -0.2) is 9.37 Å². The fraction of sp³-hybridized carbons (Fsp3) is 0.240. The van der Waals surface area contributed by atoms with Gasteiger partial charge in [-0.2, -0.15) is 0 Å². The zero-order valence-electron chi connectivity index (χ0n) is 18.1. The van der Waals surface area contributed by atoms with Crippen LogP contribution in [0.5, 0.6) is 5.75 Å². The fourth-order valence-corrected chi connectivity index (χ4v) is 4.03. The van der Waals surface area contributed by atoms with Crippen LogP contribution in [-0.4, -0.2) is 44.4 Å². The van der Waals surface area contributed by atoms with Crippen LogP contribution in [0.25, 0.3) is 5.76 Å². The van der Waals surface area contributed by atoms with E-state index in [1.807, 2.05) is 11.5 Å². The van der Waals surface area contributed by atoms with Gasteiger partial charge in [-0.3, -0.25) is 9.59 Å². The smallest absolute Gasteiger partial charge is 0.295 e. The van der Waals surface area contributed by atoms with Gasteiger partial charge in [0.2, 0.25) is 0 Å². The largest absolute Gasteiger partial charge is 0.507 e. The summed E-state index contributed by atoms with van der Waals surface area (Å²) in [4.78, 5) is 31.3. The van der Waals surface area contributed by atoms with Crippen molar-refractivity contribution in [3.05, 3.63) is 89.8 Å². The molecule has 2 aromatic carbocycles. The molecule has 170 valence electrons. The zero-order chi connectivity index (χ0) is 23.4. The Labute approximate surface area is 190 Å². The number of Topliss-reactive ketones (excluding diaryl/α,β-unsaturated/α-hetero) is 1. The third-order valence-corrected chi connectivity index (χ3v) is 5.53. The highest BCUT2D eigenvalue weighted by atomic mass is 19.1. The summed E-state index contributed by atoms with van der Waals surface area (Å²) in [5, 5.41) is 11.1. The average Bonchev–Trinajstić information content (AvgIpc) is 3.42. The first-order valence-electron chi connectivity index (χ1n) is 10.7. The number of hydrogen-bond acceptors (Lipinski definition) is 5. The molecule has 1 atom stereocenters. The van der Waals surface area contributed by atoms with Gasteiger partial charge in [-0.15, -0.1) is 0 Å². The Morgan fingerprint density at radius 1 is 1.15 bits per heavy atom. The second kappa shape index (κ2) is 9.68. The van der Waals surface area contributed by atoms with Crippen molar-refractivity contribution in [3.63, 3.8) is 0 Å². The van der Waals surface area contributed by atoms with Crippen LogP contribution in [0.3, 0.4) is 0 Å². The Hall–Kier alpha value is -3.94. The lowest BCUT2D eigenvalue weighted by Gasteiger charge is -2.25. The minimum absolute atomic E-state index is 0.138. The van der Waals surface area contributed by atoms with Crippen LogP contribution < -0.4 is 4.74 Å². The first kappa shape index (κ1) is 22.3. The van der Waals surface area contributed by atoms with Crippen LogP contribution in [0, 0.1) is 5.82 Å². The Balaban J connectivity index is 1.75. The van der Waals surface area contributed by atoms with E-state index in [9.17, 15) is 19.1 Å². The topological polar surface area (TPSA) is 84.7 Å². The molecule has 0 aliphatic carbocycles. The number of nitrogens with zero attached hydrogens (tertiary/aromatic N) is 3. The summed E-state index contributed by atoms with van der Waals surface area (Å²) in [6.45, 7) is 3.04. The van der Waals surface area contributed by atoms with Crippen LogP contribution in [0.1, 0.15) is 30.5 Å². The number of benzene rings is 2. The molecule has 0 radical (unpaired) electrons. The van der Waals surface area contributed by atoms with Gasteiger partial charge in [0.25, 0.3) is 11.7 Å². The predicted octanol–water partition coefficient (Wildman–Crippen LogP) is 3.93. The quantitative estimate of drug-likeness (QED) is 0.320. The van der Waals surface area contributed by atoms with Crippen molar-refractivity contribution in [2.75, 3.05) is 13.2 Å². The van der Waals surface area contributed by atoms with E-state index in [2.05, 4.69) is 4.98 Å². The van der Waals surface area contributed by atoms with Gasteiger partial charge in [0, 0.05) is 36.6 Å². The summed E-state index contributed by atoms with van der Waals surface area (Å²) < 4.78 is 22.2.